The molecule has 144 valence electrons. The minimum Gasteiger partial charge on any atom is -0.477 e. The second-order valence-corrected chi connectivity index (χ2v) is 8.78. The molecule has 0 aromatic carbocycles. The third-order valence-electron chi connectivity index (χ3n) is 5.43. The summed E-state index contributed by atoms with van der Waals surface area (Å²) in [5.41, 5.74) is 0.0387. The van der Waals surface area contributed by atoms with Gasteiger partial charge in [0.05, 0.1) is 24.1 Å². The van der Waals surface area contributed by atoms with Crippen LogP contribution < -0.4 is 5.32 Å². The molecule has 0 saturated carbocycles. The molecule has 0 radical (unpaired) electrons. The van der Waals surface area contributed by atoms with E-state index in [4.69, 9.17) is 0 Å². The molecule has 2 saturated heterocycles. The fourth-order valence-corrected chi connectivity index (χ4v) is 5.63. The van der Waals surface area contributed by atoms with Crippen LogP contribution in [0.4, 0.5) is 0 Å². The third-order valence-corrected chi connectivity index (χ3v) is 6.95. The fourth-order valence-electron chi connectivity index (χ4n) is 4.15. The van der Waals surface area contributed by atoms with Crippen molar-refractivity contribution >= 4 is 29.5 Å². The van der Waals surface area contributed by atoms with Crippen molar-refractivity contribution in [1.82, 2.24) is 15.1 Å². The number of carbonyl (C=O) groups excluding carboxylic acids is 2. The number of aliphatic carboxylic acids is 1. The van der Waals surface area contributed by atoms with Crippen molar-refractivity contribution in [3.63, 3.8) is 0 Å². The Balaban J connectivity index is 1.78. The van der Waals surface area contributed by atoms with Gasteiger partial charge in [0.25, 0.3) is 0 Å². The quantitative estimate of drug-likeness (QED) is 0.559. The average molecular weight is 383 g/mol. The molecule has 26 heavy (non-hydrogen) atoms. The van der Waals surface area contributed by atoms with Crippen LogP contribution >= 0.6 is 11.8 Å². The van der Waals surface area contributed by atoms with Crippen LogP contribution in [0.3, 0.4) is 0 Å². The molecule has 0 bridgehead atoms. The van der Waals surface area contributed by atoms with Gasteiger partial charge in [-0.05, 0) is 13.3 Å². The van der Waals surface area contributed by atoms with Crippen LogP contribution in [0.2, 0.25) is 0 Å². The first kappa shape index (κ1) is 19.2. The number of likely N-dealkylation sites (N-methyl/N-ethyl adjacent to an activating group) is 1. The number of carbonyl (C=O) groups is 3. The summed E-state index contributed by atoms with van der Waals surface area (Å²) in [6.45, 7) is 4.08. The molecular formula is C17H25N3O5S. The largest absolute Gasteiger partial charge is 0.477 e. The van der Waals surface area contributed by atoms with Crippen LogP contribution in [0.5, 0.6) is 0 Å². The van der Waals surface area contributed by atoms with Crippen molar-refractivity contribution in [2.24, 2.45) is 11.8 Å². The molecule has 3 aliphatic rings. The number of aliphatic hydroxyl groups excluding tert-OH is 1. The molecule has 0 aromatic heterocycles. The second-order valence-electron chi connectivity index (χ2n) is 7.44. The number of aliphatic hydroxyl groups is 1. The summed E-state index contributed by atoms with van der Waals surface area (Å²) in [7, 11) is 3.42. The maximum Gasteiger partial charge on any atom is 0.353 e. The van der Waals surface area contributed by atoms with Crippen LogP contribution in [-0.4, -0.2) is 81.9 Å². The third kappa shape index (κ3) is 2.91. The average Bonchev–Trinajstić information content (AvgIpc) is 3.09. The number of rotatable bonds is 5. The lowest BCUT2D eigenvalue weighted by Crippen LogP contribution is -2.63. The van der Waals surface area contributed by atoms with Gasteiger partial charge in [0.1, 0.15) is 5.70 Å². The molecule has 3 heterocycles. The lowest BCUT2D eigenvalue weighted by Gasteiger charge is -2.46. The Morgan fingerprint density at radius 1 is 1.38 bits per heavy atom. The molecule has 3 aliphatic heterocycles. The Morgan fingerprint density at radius 2 is 2.04 bits per heavy atom. The van der Waals surface area contributed by atoms with Crippen LogP contribution in [0.1, 0.15) is 20.3 Å². The van der Waals surface area contributed by atoms with Gasteiger partial charge in [-0.2, -0.15) is 0 Å². The van der Waals surface area contributed by atoms with Crippen LogP contribution in [0, 0.1) is 11.8 Å². The highest BCUT2D eigenvalue weighted by molar-refractivity contribution is 8.03. The van der Waals surface area contributed by atoms with Crippen molar-refractivity contribution in [1.29, 1.82) is 0 Å². The Bertz CT molecular complexity index is 677. The van der Waals surface area contributed by atoms with E-state index in [0.717, 1.165) is 0 Å². The number of carboxylic acid groups (broad SMARTS) is 1. The summed E-state index contributed by atoms with van der Waals surface area (Å²) in [5.74, 6) is -2.14. The van der Waals surface area contributed by atoms with Gasteiger partial charge in [-0.1, -0.05) is 6.92 Å². The number of hydrogen-bond donors (Lipinski definition) is 3. The van der Waals surface area contributed by atoms with Crippen molar-refractivity contribution in [3.05, 3.63) is 10.6 Å². The molecule has 2 amide bonds. The first-order valence-electron chi connectivity index (χ1n) is 8.75. The number of carboxylic acids is 1. The van der Waals surface area contributed by atoms with Gasteiger partial charge >= 0.3 is 5.97 Å². The van der Waals surface area contributed by atoms with Crippen molar-refractivity contribution < 1.29 is 24.6 Å². The summed E-state index contributed by atoms with van der Waals surface area (Å²) in [5, 5.41) is 22.8. The van der Waals surface area contributed by atoms with Crippen LogP contribution in [-0.2, 0) is 14.4 Å². The molecule has 2 fully saturated rings. The van der Waals surface area contributed by atoms with Crippen LogP contribution in [0.15, 0.2) is 10.6 Å². The minimum atomic E-state index is -1.12. The van der Waals surface area contributed by atoms with Crippen molar-refractivity contribution in [2.45, 2.75) is 43.7 Å². The normalized spacial score (nSPS) is 34.6. The highest BCUT2D eigenvalue weighted by Gasteiger charge is 2.60. The smallest absolute Gasteiger partial charge is 0.353 e. The number of thioether (sulfide) groups is 1. The highest BCUT2D eigenvalue weighted by atomic mass is 32.2. The second kappa shape index (κ2) is 6.86. The molecule has 0 aromatic rings. The summed E-state index contributed by atoms with van der Waals surface area (Å²) < 4.78 is 0. The summed E-state index contributed by atoms with van der Waals surface area (Å²) in [6, 6.07) is -0.568. The lowest BCUT2D eigenvalue weighted by molar-refractivity contribution is -0.163. The van der Waals surface area contributed by atoms with E-state index in [1.54, 1.807) is 25.9 Å². The molecule has 3 N–H and O–H groups in total. The summed E-state index contributed by atoms with van der Waals surface area (Å²) >= 11 is 1.45. The Morgan fingerprint density at radius 3 is 2.58 bits per heavy atom. The molecule has 1 unspecified atom stereocenters. The molecular weight excluding hydrogens is 358 g/mol. The van der Waals surface area contributed by atoms with Gasteiger partial charge in [-0.3, -0.25) is 9.59 Å². The first-order chi connectivity index (χ1) is 12.1. The van der Waals surface area contributed by atoms with Gasteiger partial charge in [0.2, 0.25) is 11.8 Å². The standard InChI is InChI=1S/C17H25N3O5S/c1-7-12-11(8(2)21)16(23)20(12)13(17(24)25)14(7)26-9-5-10(18-6-9)15(22)19(3)4/h7-12,18,21H,5-6H2,1-4H3,(H,24,25)/t7-,8-,9-,10-,11-,12?/m1/s1. The van der Waals surface area contributed by atoms with Crippen LogP contribution in [0.25, 0.3) is 0 Å². The van der Waals surface area contributed by atoms with Crippen molar-refractivity contribution in [2.75, 3.05) is 20.6 Å². The number of amides is 2. The number of nitrogens with one attached hydrogen (secondary N) is 1. The zero-order valence-electron chi connectivity index (χ0n) is 15.3. The maximum absolute atomic E-state index is 12.3. The monoisotopic (exact) mass is 383 g/mol. The highest BCUT2D eigenvalue weighted by Crippen LogP contribution is 2.51. The molecule has 9 heteroatoms. The SMILES string of the molecule is C[C@H]1C(S[C@H]2CN[C@@H](C(=O)N(C)C)C2)=C(C(=O)O)N2C(=O)[C@H]([C@@H](C)O)C12. The van der Waals surface area contributed by atoms with Crippen molar-refractivity contribution in [3.8, 4) is 0 Å². The van der Waals surface area contributed by atoms with E-state index in [-0.39, 0.29) is 40.8 Å². The number of nitrogens with zero attached hydrogens (tertiary/aromatic N) is 2. The molecule has 3 rings (SSSR count). The van der Waals surface area contributed by atoms with Gasteiger partial charge in [-0.15, -0.1) is 11.8 Å². The lowest BCUT2D eigenvalue weighted by atomic mass is 9.79. The van der Waals surface area contributed by atoms with E-state index in [1.807, 2.05) is 6.92 Å². The Labute approximate surface area is 156 Å². The van der Waals surface area contributed by atoms with Gasteiger partial charge < -0.3 is 25.3 Å². The Hall–Kier alpha value is -1.58. The Kier molecular flexibility index (Phi) is 5.06. The van der Waals surface area contributed by atoms with E-state index < -0.39 is 18.0 Å². The predicted molar refractivity (Wildman–Crippen MR) is 96.1 cm³/mol. The van der Waals surface area contributed by atoms with E-state index in [0.29, 0.717) is 17.9 Å². The topological polar surface area (TPSA) is 110 Å². The van der Waals surface area contributed by atoms with E-state index in [9.17, 15) is 24.6 Å². The summed E-state index contributed by atoms with van der Waals surface area (Å²) in [4.78, 5) is 39.8. The van der Waals surface area contributed by atoms with E-state index in [2.05, 4.69) is 5.32 Å². The number of hydrogen-bond acceptors (Lipinski definition) is 6. The van der Waals surface area contributed by atoms with Gasteiger partial charge in [0.15, 0.2) is 0 Å². The summed E-state index contributed by atoms with van der Waals surface area (Å²) in [6.07, 6.45) is -0.190. The molecule has 6 atom stereocenters. The van der Waals surface area contributed by atoms with E-state index in [1.165, 1.54) is 16.7 Å². The zero-order chi connectivity index (χ0) is 19.3. The van der Waals surface area contributed by atoms with E-state index >= 15 is 0 Å². The molecule has 0 aliphatic carbocycles. The molecule has 8 nitrogen and oxygen atoms in total. The first-order valence-corrected chi connectivity index (χ1v) is 9.62. The predicted octanol–water partition coefficient (Wildman–Crippen LogP) is -0.308. The minimum absolute atomic E-state index is 0.00757. The molecule has 0 spiro atoms. The fraction of sp³-hybridized carbons (Fsp3) is 0.706. The number of β-lactam (4-membered cyclic amide) rings is 1. The maximum atomic E-state index is 12.3. The van der Waals surface area contributed by atoms with Gasteiger partial charge in [0, 0.05) is 36.7 Å². The zero-order valence-corrected chi connectivity index (χ0v) is 16.1. The van der Waals surface area contributed by atoms with Gasteiger partial charge in [-0.25, -0.2) is 4.79 Å². The number of fused-ring (bicyclic) bond motifs is 1.